The van der Waals surface area contributed by atoms with Gasteiger partial charge in [0.15, 0.2) is 0 Å². The summed E-state index contributed by atoms with van der Waals surface area (Å²) < 4.78 is 55.6. The van der Waals surface area contributed by atoms with Crippen LogP contribution in [0.2, 0.25) is 5.02 Å². The number of hydrogen-bond donors (Lipinski definition) is 1. The maximum atomic E-state index is 13.5. The van der Waals surface area contributed by atoms with Gasteiger partial charge in [-0.2, -0.15) is 8.61 Å². The van der Waals surface area contributed by atoms with E-state index in [2.05, 4.69) is 5.32 Å². The Hall–Kier alpha value is -2.76. The van der Waals surface area contributed by atoms with Crippen LogP contribution in [0.25, 0.3) is 0 Å². The number of piperazine rings is 1. The molecule has 0 spiro atoms. The summed E-state index contributed by atoms with van der Waals surface area (Å²) in [5.74, 6) is -0.636. The third kappa shape index (κ3) is 5.26. The molecule has 1 atom stereocenters. The molecule has 4 rings (SSSR count). The maximum Gasteiger partial charge on any atom is 0.244 e. The Kier molecular flexibility index (Phi) is 7.30. The lowest BCUT2D eigenvalue weighted by Gasteiger charge is -2.39. The molecular weight excluding hydrogens is 510 g/mol. The summed E-state index contributed by atoms with van der Waals surface area (Å²) in [6.07, 6.45) is 0. The van der Waals surface area contributed by atoms with E-state index in [-0.39, 0.29) is 29.4 Å². The van der Waals surface area contributed by atoms with Crippen molar-refractivity contribution >= 4 is 43.2 Å². The van der Waals surface area contributed by atoms with Crippen molar-refractivity contribution < 1.29 is 21.6 Å². The lowest BCUT2D eigenvalue weighted by molar-refractivity contribution is -0.120. The molecule has 0 bridgehead atoms. The van der Waals surface area contributed by atoms with Gasteiger partial charge < -0.3 is 5.32 Å². The van der Waals surface area contributed by atoms with E-state index < -0.39 is 32.0 Å². The van der Waals surface area contributed by atoms with Crippen LogP contribution in [-0.2, 0) is 24.8 Å². The largest absolute Gasteiger partial charge is 0.324 e. The van der Waals surface area contributed by atoms with Crippen LogP contribution in [0, 0.1) is 6.92 Å². The van der Waals surface area contributed by atoms with Gasteiger partial charge in [0.1, 0.15) is 6.04 Å². The predicted octanol–water partition coefficient (Wildman–Crippen LogP) is 3.35. The van der Waals surface area contributed by atoms with Crippen molar-refractivity contribution in [2.24, 2.45) is 0 Å². The number of aryl methyl sites for hydroxylation is 1. The van der Waals surface area contributed by atoms with E-state index in [0.717, 1.165) is 8.61 Å². The van der Waals surface area contributed by atoms with E-state index in [1.54, 1.807) is 61.5 Å². The fourth-order valence-electron chi connectivity index (χ4n) is 3.91. The highest BCUT2D eigenvalue weighted by atomic mass is 35.5. The summed E-state index contributed by atoms with van der Waals surface area (Å²) >= 11 is 6.01. The Balaban J connectivity index is 1.70. The number of hydrogen-bond acceptors (Lipinski definition) is 5. The number of anilines is 1. The number of benzene rings is 3. The number of sulfonamides is 2. The first-order valence-electron chi connectivity index (χ1n) is 10.8. The van der Waals surface area contributed by atoms with Gasteiger partial charge in [0.05, 0.1) is 9.79 Å². The van der Waals surface area contributed by atoms with Crippen LogP contribution >= 0.6 is 11.6 Å². The summed E-state index contributed by atoms with van der Waals surface area (Å²) in [6, 6.07) is 19.2. The van der Waals surface area contributed by atoms with E-state index in [1.807, 2.05) is 0 Å². The first-order valence-corrected chi connectivity index (χ1v) is 14.1. The van der Waals surface area contributed by atoms with Gasteiger partial charge in [-0.05, 0) is 55.0 Å². The summed E-state index contributed by atoms with van der Waals surface area (Å²) in [4.78, 5) is 13.5. The van der Waals surface area contributed by atoms with E-state index in [0.29, 0.717) is 16.3 Å². The Morgan fingerprint density at radius 1 is 0.857 bits per heavy atom. The summed E-state index contributed by atoms with van der Waals surface area (Å²) in [7, 11) is -8.00. The van der Waals surface area contributed by atoms with Gasteiger partial charge in [0.25, 0.3) is 0 Å². The first kappa shape index (κ1) is 25.3. The van der Waals surface area contributed by atoms with Gasteiger partial charge in [-0.3, -0.25) is 4.79 Å². The summed E-state index contributed by atoms with van der Waals surface area (Å²) in [6.45, 7) is 1.16. The number of carbonyl (C=O) groups is 1. The van der Waals surface area contributed by atoms with Gasteiger partial charge in [-0.1, -0.05) is 48.0 Å². The van der Waals surface area contributed by atoms with Gasteiger partial charge >= 0.3 is 0 Å². The molecule has 1 aliphatic rings. The lowest BCUT2D eigenvalue weighted by atomic mass is 10.1. The number of nitrogens with zero attached hydrogens (tertiary/aromatic N) is 2. The second-order valence-electron chi connectivity index (χ2n) is 8.07. The molecule has 11 heteroatoms. The van der Waals surface area contributed by atoms with E-state index in [4.69, 9.17) is 11.6 Å². The highest BCUT2D eigenvalue weighted by Crippen LogP contribution is 2.27. The summed E-state index contributed by atoms with van der Waals surface area (Å²) in [5, 5.41) is 3.24. The lowest BCUT2D eigenvalue weighted by Crippen LogP contribution is -2.60. The van der Waals surface area contributed by atoms with Crippen molar-refractivity contribution in [1.29, 1.82) is 0 Å². The third-order valence-electron chi connectivity index (χ3n) is 5.77. The maximum absolute atomic E-state index is 13.5. The molecule has 1 aliphatic heterocycles. The Morgan fingerprint density at radius 3 is 2.00 bits per heavy atom. The Labute approximate surface area is 210 Å². The van der Waals surface area contributed by atoms with Crippen molar-refractivity contribution in [2.75, 3.05) is 25.0 Å². The molecular formula is C24H24ClN3O5S2. The Bertz CT molecular complexity index is 1430. The average molecular weight is 534 g/mol. The molecule has 184 valence electrons. The molecule has 1 unspecified atom stereocenters. The molecule has 1 saturated heterocycles. The molecule has 0 radical (unpaired) electrons. The smallest absolute Gasteiger partial charge is 0.244 e. The number of carbonyl (C=O) groups excluding carboxylic acids is 1. The van der Waals surface area contributed by atoms with Crippen LogP contribution in [0.3, 0.4) is 0 Å². The standard InChI is InChI=1S/C24H24ClN3O5S2/c1-18-16-19(25)12-13-22(18)26-24(29)23-17-27(34(30,31)20-8-4-2-5-9-20)14-15-28(23)35(32,33)21-10-6-3-7-11-21/h2-13,16,23H,14-15,17H2,1H3,(H,26,29). The molecule has 0 aromatic heterocycles. The predicted molar refractivity (Wildman–Crippen MR) is 134 cm³/mol. The van der Waals surface area contributed by atoms with Gasteiger partial charge in [-0.15, -0.1) is 0 Å². The molecule has 1 heterocycles. The van der Waals surface area contributed by atoms with Crippen molar-refractivity contribution in [3.05, 3.63) is 89.4 Å². The van der Waals surface area contributed by atoms with Crippen molar-refractivity contribution in [2.45, 2.75) is 22.8 Å². The minimum absolute atomic E-state index is 0.0276. The van der Waals surface area contributed by atoms with Gasteiger partial charge in [-0.25, -0.2) is 16.8 Å². The molecule has 1 N–H and O–H groups in total. The number of nitrogens with one attached hydrogen (secondary N) is 1. The van der Waals surface area contributed by atoms with Gasteiger partial charge in [0, 0.05) is 30.3 Å². The molecule has 1 amide bonds. The van der Waals surface area contributed by atoms with E-state index in [1.165, 1.54) is 24.3 Å². The second kappa shape index (κ2) is 10.1. The molecule has 0 aliphatic carbocycles. The fourth-order valence-corrected chi connectivity index (χ4v) is 7.19. The average Bonchev–Trinajstić information content (AvgIpc) is 2.86. The van der Waals surface area contributed by atoms with Crippen LogP contribution in [0.5, 0.6) is 0 Å². The second-order valence-corrected chi connectivity index (χ2v) is 12.3. The van der Waals surface area contributed by atoms with Crippen molar-refractivity contribution in [3.63, 3.8) is 0 Å². The number of halogens is 1. The van der Waals surface area contributed by atoms with Crippen LogP contribution in [0.1, 0.15) is 5.56 Å². The zero-order chi connectivity index (χ0) is 25.2. The Morgan fingerprint density at radius 2 is 1.43 bits per heavy atom. The molecule has 3 aromatic rings. The van der Waals surface area contributed by atoms with Crippen LogP contribution < -0.4 is 5.32 Å². The van der Waals surface area contributed by atoms with Crippen molar-refractivity contribution in [3.8, 4) is 0 Å². The molecule has 8 nitrogen and oxygen atoms in total. The van der Waals surface area contributed by atoms with E-state index >= 15 is 0 Å². The summed E-state index contributed by atoms with van der Waals surface area (Å²) in [5.41, 5.74) is 1.15. The minimum atomic E-state index is -4.07. The van der Waals surface area contributed by atoms with Crippen molar-refractivity contribution in [1.82, 2.24) is 8.61 Å². The highest BCUT2D eigenvalue weighted by Gasteiger charge is 2.43. The van der Waals surface area contributed by atoms with Crippen LogP contribution in [-0.4, -0.2) is 57.0 Å². The zero-order valence-corrected chi connectivity index (χ0v) is 21.2. The SMILES string of the molecule is Cc1cc(Cl)ccc1NC(=O)C1CN(S(=O)(=O)c2ccccc2)CCN1S(=O)(=O)c1ccccc1. The number of rotatable bonds is 6. The normalized spacial score (nSPS) is 17.7. The molecule has 3 aromatic carbocycles. The fraction of sp³-hybridized carbons (Fsp3) is 0.208. The topological polar surface area (TPSA) is 104 Å². The minimum Gasteiger partial charge on any atom is -0.324 e. The molecule has 0 saturated carbocycles. The quantitative estimate of drug-likeness (QED) is 0.523. The third-order valence-corrected chi connectivity index (χ3v) is 9.81. The number of amides is 1. The van der Waals surface area contributed by atoms with Gasteiger partial charge in [0.2, 0.25) is 26.0 Å². The monoisotopic (exact) mass is 533 g/mol. The van der Waals surface area contributed by atoms with Crippen LogP contribution in [0.15, 0.2) is 88.7 Å². The van der Waals surface area contributed by atoms with Crippen LogP contribution in [0.4, 0.5) is 5.69 Å². The molecule has 35 heavy (non-hydrogen) atoms. The first-order chi connectivity index (χ1) is 16.6. The highest BCUT2D eigenvalue weighted by molar-refractivity contribution is 7.89. The molecule has 1 fully saturated rings. The zero-order valence-electron chi connectivity index (χ0n) is 18.8. The van der Waals surface area contributed by atoms with E-state index in [9.17, 15) is 21.6 Å².